The van der Waals surface area contributed by atoms with Gasteiger partial charge >= 0.3 is 0 Å². The Kier molecular flexibility index (Phi) is 6.62. The van der Waals surface area contributed by atoms with Gasteiger partial charge in [0.25, 0.3) is 0 Å². The average molecular weight is 495 g/mol. The van der Waals surface area contributed by atoms with Crippen molar-refractivity contribution in [1.82, 2.24) is 25.0 Å². The molecule has 10 heteroatoms. The lowest BCUT2D eigenvalue weighted by atomic mass is 10.1. The van der Waals surface area contributed by atoms with Crippen molar-refractivity contribution in [3.8, 4) is 0 Å². The number of hydrogen-bond donors (Lipinski definition) is 1. The fourth-order valence-electron chi connectivity index (χ4n) is 5.02. The number of para-hydroxylation sites is 1. The number of fused-ring (bicyclic) bond motifs is 5. The van der Waals surface area contributed by atoms with Crippen LogP contribution in [-0.4, -0.2) is 72.0 Å². The summed E-state index contributed by atoms with van der Waals surface area (Å²) in [4.78, 5) is 25.0. The Morgan fingerprint density at radius 1 is 1.06 bits per heavy atom. The van der Waals surface area contributed by atoms with Crippen LogP contribution < -0.4 is 15.8 Å². The summed E-state index contributed by atoms with van der Waals surface area (Å²) in [5.74, 6) is 0.712. The van der Waals surface area contributed by atoms with Gasteiger partial charge in [-0.05, 0) is 44.1 Å². The SMILES string of the molecule is O=c1c(CONCCN2CCCCC2)c2sc3ccccc3n2c2nnc(N3CCOCC3)cc12. The van der Waals surface area contributed by atoms with Gasteiger partial charge in [0.1, 0.15) is 4.83 Å². The van der Waals surface area contributed by atoms with Gasteiger partial charge in [0, 0.05) is 26.2 Å². The number of nitrogens with one attached hydrogen (secondary N) is 1. The number of nitrogens with zero attached hydrogens (tertiary/aromatic N) is 5. The summed E-state index contributed by atoms with van der Waals surface area (Å²) in [6.45, 7) is 6.96. The van der Waals surface area contributed by atoms with E-state index in [0.29, 0.717) is 35.6 Å². The first kappa shape index (κ1) is 22.8. The largest absolute Gasteiger partial charge is 0.378 e. The zero-order valence-electron chi connectivity index (χ0n) is 19.7. The van der Waals surface area contributed by atoms with Crippen LogP contribution in [0, 0.1) is 0 Å². The fourth-order valence-corrected chi connectivity index (χ4v) is 6.19. The second-order valence-electron chi connectivity index (χ2n) is 9.14. The highest BCUT2D eigenvalue weighted by Crippen LogP contribution is 2.31. The Balaban J connectivity index is 1.33. The van der Waals surface area contributed by atoms with Gasteiger partial charge in [-0.15, -0.1) is 21.5 Å². The summed E-state index contributed by atoms with van der Waals surface area (Å²) < 4.78 is 8.62. The van der Waals surface area contributed by atoms with E-state index in [1.54, 1.807) is 11.3 Å². The average Bonchev–Trinajstić information content (AvgIpc) is 3.30. The molecule has 1 aromatic carbocycles. The van der Waals surface area contributed by atoms with Crippen molar-refractivity contribution in [2.45, 2.75) is 25.9 Å². The lowest BCUT2D eigenvalue weighted by Gasteiger charge is -2.27. The van der Waals surface area contributed by atoms with Gasteiger partial charge in [-0.2, -0.15) is 0 Å². The van der Waals surface area contributed by atoms with Crippen molar-refractivity contribution in [3.05, 3.63) is 46.1 Å². The molecule has 2 aliphatic rings. The molecular weight excluding hydrogens is 464 g/mol. The molecule has 2 saturated heterocycles. The maximum Gasteiger partial charge on any atom is 0.198 e. The molecule has 6 rings (SSSR count). The van der Waals surface area contributed by atoms with Gasteiger partial charge in [-0.25, -0.2) is 5.48 Å². The Morgan fingerprint density at radius 2 is 1.89 bits per heavy atom. The van der Waals surface area contributed by atoms with Crippen molar-refractivity contribution < 1.29 is 9.57 Å². The molecule has 3 aromatic heterocycles. The highest BCUT2D eigenvalue weighted by molar-refractivity contribution is 7.24. The number of aromatic nitrogens is 3. The Labute approximate surface area is 207 Å². The third-order valence-corrected chi connectivity index (χ3v) is 8.09. The number of benzene rings is 1. The molecule has 0 bridgehead atoms. The summed E-state index contributed by atoms with van der Waals surface area (Å²) in [5, 5.41) is 9.60. The normalized spacial score (nSPS) is 17.7. The lowest BCUT2D eigenvalue weighted by molar-refractivity contribution is 0.0221. The molecule has 0 amide bonds. The molecule has 0 aliphatic carbocycles. The number of hydroxylamine groups is 1. The van der Waals surface area contributed by atoms with Gasteiger partial charge in [0.2, 0.25) is 0 Å². The Hall–Kier alpha value is -2.63. The highest BCUT2D eigenvalue weighted by Gasteiger charge is 2.21. The summed E-state index contributed by atoms with van der Waals surface area (Å²) in [7, 11) is 0. The number of ether oxygens (including phenoxy) is 1. The molecule has 2 aliphatic heterocycles. The van der Waals surface area contributed by atoms with Crippen LogP contribution >= 0.6 is 11.3 Å². The highest BCUT2D eigenvalue weighted by atomic mass is 32.1. The summed E-state index contributed by atoms with van der Waals surface area (Å²) in [6, 6.07) is 10.0. The van der Waals surface area contributed by atoms with E-state index in [1.165, 1.54) is 19.3 Å². The number of hydrogen-bond acceptors (Lipinski definition) is 9. The molecule has 184 valence electrons. The van der Waals surface area contributed by atoms with Gasteiger partial charge in [0.05, 0.1) is 41.0 Å². The van der Waals surface area contributed by atoms with E-state index in [9.17, 15) is 4.79 Å². The Morgan fingerprint density at radius 3 is 2.74 bits per heavy atom. The minimum Gasteiger partial charge on any atom is -0.378 e. The van der Waals surface area contributed by atoms with E-state index >= 15 is 0 Å². The lowest BCUT2D eigenvalue weighted by Crippen LogP contribution is -2.37. The fraction of sp³-hybridized carbons (Fsp3) is 0.480. The first-order valence-electron chi connectivity index (χ1n) is 12.4. The number of morpholine rings is 1. The van der Waals surface area contributed by atoms with Crippen LogP contribution in [-0.2, 0) is 16.2 Å². The third kappa shape index (κ3) is 4.52. The van der Waals surface area contributed by atoms with Crippen molar-refractivity contribution in [2.24, 2.45) is 0 Å². The summed E-state index contributed by atoms with van der Waals surface area (Å²) in [5.41, 5.74) is 5.28. The third-order valence-electron chi connectivity index (χ3n) is 6.90. The zero-order chi connectivity index (χ0) is 23.6. The molecule has 0 unspecified atom stereocenters. The maximum atomic E-state index is 13.7. The minimum atomic E-state index is -0.0474. The number of anilines is 1. The van der Waals surface area contributed by atoms with Gasteiger partial charge in [-0.1, -0.05) is 18.6 Å². The van der Waals surface area contributed by atoms with Crippen molar-refractivity contribution in [2.75, 3.05) is 57.4 Å². The van der Waals surface area contributed by atoms with E-state index in [2.05, 4.69) is 42.0 Å². The second kappa shape index (κ2) is 10.2. The first-order valence-corrected chi connectivity index (χ1v) is 13.2. The summed E-state index contributed by atoms with van der Waals surface area (Å²) >= 11 is 1.59. The van der Waals surface area contributed by atoms with Crippen LogP contribution in [0.15, 0.2) is 35.1 Å². The van der Waals surface area contributed by atoms with Crippen LogP contribution in [0.4, 0.5) is 5.82 Å². The van der Waals surface area contributed by atoms with E-state index in [0.717, 1.165) is 54.3 Å². The molecule has 2 fully saturated rings. The van der Waals surface area contributed by atoms with Gasteiger partial charge in [-0.3, -0.25) is 14.0 Å². The minimum absolute atomic E-state index is 0.0474. The summed E-state index contributed by atoms with van der Waals surface area (Å²) in [6.07, 6.45) is 3.87. The van der Waals surface area contributed by atoms with Crippen molar-refractivity contribution in [1.29, 1.82) is 0 Å². The molecule has 0 saturated carbocycles. The number of piperidine rings is 1. The van der Waals surface area contributed by atoms with Crippen molar-refractivity contribution in [3.63, 3.8) is 0 Å². The molecule has 0 radical (unpaired) electrons. The van der Waals surface area contributed by atoms with Crippen molar-refractivity contribution >= 4 is 43.2 Å². The molecule has 35 heavy (non-hydrogen) atoms. The van der Waals surface area contributed by atoms with Crippen LogP contribution in [0.5, 0.6) is 0 Å². The quantitative estimate of drug-likeness (QED) is 0.310. The second-order valence-corrected chi connectivity index (χ2v) is 10.2. The number of thiazole rings is 1. The van der Waals surface area contributed by atoms with Crippen LogP contribution in [0.2, 0.25) is 0 Å². The number of likely N-dealkylation sites (tertiary alicyclic amines) is 1. The molecular formula is C25H30N6O3S. The van der Waals surface area contributed by atoms with Crippen LogP contribution in [0.3, 0.4) is 0 Å². The number of pyridine rings is 1. The standard InChI is InChI=1S/C25H30N6O3S/c32-23-18-16-22(30-12-14-33-15-13-30)27-28-24(18)31-20-6-2-3-7-21(20)35-25(31)19(23)17-34-26-8-11-29-9-4-1-5-10-29/h2-3,6-7,16,26H,1,4-5,8-15,17H2. The molecule has 0 spiro atoms. The van der Waals surface area contributed by atoms with E-state index in [4.69, 9.17) is 9.57 Å². The first-order chi connectivity index (χ1) is 17.3. The predicted octanol–water partition coefficient (Wildman–Crippen LogP) is 2.80. The Bertz CT molecular complexity index is 1390. The van der Waals surface area contributed by atoms with Gasteiger partial charge in [0.15, 0.2) is 16.9 Å². The molecule has 9 nitrogen and oxygen atoms in total. The van der Waals surface area contributed by atoms with Crippen LogP contribution in [0.25, 0.3) is 26.1 Å². The smallest absolute Gasteiger partial charge is 0.198 e. The zero-order valence-corrected chi connectivity index (χ0v) is 20.6. The van der Waals surface area contributed by atoms with E-state index in [1.807, 2.05) is 18.2 Å². The van der Waals surface area contributed by atoms with E-state index in [-0.39, 0.29) is 12.0 Å². The van der Waals surface area contributed by atoms with E-state index < -0.39 is 0 Å². The number of rotatable bonds is 7. The molecule has 0 atom stereocenters. The molecule has 1 N–H and O–H groups in total. The molecule has 4 aromatic rings. The predicted molar refractivity (Wildman–Crippen MR) is 138 cm³/mol. The topological polar surface area (TPSA) is 84.2 Å². The van der Waals surface area contributed by atoms with Crippen LogP contribution in [0.1, 0.15) is 24.8 Å². The molecule has 5 heterocycles. The monoisotopic (exact) mass is 494 g/mol. The maximum absolute atomic E-state index is 13.7. The van der Waals surface area contributed by atoms with Gasteiger partial charge < -0.3 is 14.5 Å².